The molecule has 4 rings (SSSR count). The van der Waals surface area contributed by atoms with Gasteiger partial charge in [-0.15, -0.1) is 0 Å². The van der Waals surface area contributed by atoms with Crippen molar-refractivity contribution in [2.24, 2.45) is 0 Å². The van der Waals surface area contributed by atoms with Gasteiger partial charge in [-0.05, 0) is 22.6 Å². The fraction of sp³-hybridized carbons (Fsp3) is 0. The van der Waals surface area contributed by atoms with Gasteiger partial charge in [0, 0.05) is 16.5 Å². The first-order chi connectivity index (χ1) is 10.5. The molecule has 0 amide bonds. The Bertz CT molecular complexity index is 1070. The summed E-state index contributed by atoms with van der Waals surface area (Å²) in [5, 5.41) is 1.70. The molecule has 0 atom stereocenters. The van der Waals surface area contributed by atoms with E-state index in [2.05, 4.69) is 0 Å². The van der Waals surface area contributed by atoms with Crippen LogP contribution in [-0.4, -0.2) is 18.8 Å². The zero-order chi connectivity index (χ0) is 15.5. The quantitative estimate of drug-likeness (QED) is 0.362. The van der Waals surface area contributed by atoms with E-state index in [1.165, 1.54) is 12.1 Å². The molecule has 1 aliphatic carbocycles. The summed E-state index contributed by atoms with van der Waals surface area (Å²) in [4.78, 5) is 12.3. The van der Waals surface area contributed by atoms with E-state index >= 15 is 0 Å². The second-order valence-corrected chi connectivity index (χ2v) is 6.52. The molecule has 0 radical (unpaired) electrons. The molecule has 0 spiro atoms. The number of carbonyl (C=O) groups excluding carboxylic acids is 1. The fourth-order valence-electron chi connectivity index (χ4n) is 3.09. The molecule has 3 aromatic carbocycles. The van der Waals surface area contributed by atoms with Crippen LogP contribution in [0.25, 0.3) is 21.9 Å². The van der Waals surface area contributed by atoms with Crippen LogP contribution >= 0.6 is 0 Å². The standard InChI is InChI=1S/C17H10O4S.Na/c18-17-13-8-2-5-10-4-1-6-11(15(10)13)12-7-3-9-14(16(12)17)22(19,20)21;/h1-9H,(H,19,20,21);/q;+1/p-1. The number of carbonyl (C=O) groups is 1. The molecule has 108 valence electrons. The van der Waals surface area contributed by atoms with Crippen molar-refractivity contribution >= 4 is 26.7 Å². The molecule has 0 N–H and O–H groups in total. The van der Waals surface area contributed by atoms with Gasteiger partial charge in [0.25, 0.3) is 0 Å². The minimum Gasteiger partial charge on any atom is -0.744 e. The van der Waals surface area contributed by atoms with Gasteiger partial charge in [-0.3, -0.25) is 4.79 Å². The van der Waals surface area contributed by atoms with Crippen molar-refractivity contribution in [2.45, 2.75) is 4.90 Å². The van der Waals surface area contributed by atoms with Gasteiger partial charge in [0.15, 0.2) is 5.78 Å². The van der Waals surface area contributed by atoms with E-state index in [4.69, 9.17) is 0 Å². The van der Waals surface area contributed by atoms with E-state index in [9.17, 15) is 17.8 Å². The maximum absolute atomic E-state index is 12.8. The fourth-order valence-corrected chi connectivity index (χ4v) is 3.79. The Morgan fingerprint density at radius 2 is 1.35 bits per heavy atom. The molecule has 1 aliphatic rings. The number of hydrogen-bond acceptors (Lipinski definition) is 4. The summed E-state index contributed by atoms with van der Waals surface area (Å²) in [5.74, 6) is -0.422. The van der Waals surface area contributed by atoms with Crippen LogP contribution < -0.4 is 29.6 Å². The molecule has 0 aromatic heterocycles. The van der Waals surface area contributed by atoms with E-state index in [1.54, 1.807) is 18.2 Å². The maximum atomic E-state index is 12.8. The molecule has 0 unspecified atom stereocenters. The smallest absolute Gasteiger partial charge is 0.744 e. The van der Waals surface area contributed by atoms with Crippen molar-refractivity contribution < 1.29 is 47.3 Å². The van der Waals surface area contributed by atoms with Gasteiger partial charge in [-0.1, -0.05) is 48.5 Å². The van der Waals surface area contributed by atoms with Gasteiger partial charge in [0.05, 0.1) is 4.90 Å². The summed E-state index contributed by atoms with van der Waals surface area (Å²) < 4.78 is 34.5. The molecule has 4 nitrogen and oxygen atoms in total. The predicted molar refractivity (Wildman–Crippen MR) is 80.8 cm³/mol. The van der Waals surface area contributed by atoms with E-state index < -0.39 is 20.8 Å². The van der Waals surface area contributed by atoms with Crippen molar-refractivity contribution in [3.63, 3.8) is 0 Å². The monoisotopic (exact) mass is 332 g/mol. The zero-order valence-corrected chi connectivity index (χ0v) is 15.1. The van der Waals surface area contributed by atoms with Crippen LogP contribution in [0.4, 0.5) is 0 Å². The van der Waals surface area contributed by atoms with Crippen LogP contribution in [0.15, 0.2) is 59.5 Å². The minimum atomic E-state index is -4.72. The third-order valence-corrected chi connectivity index (χ3v) is 4.84. The molecule has 0 saturated heterocycles. The first kappa shape index (κ1) is 16.4. The SMILES string of the molecule is O=C1c2c(cccc2S(=O)(=O)[O-])-c2cccc3cccc1c23.[Na+]. The first-order valence-corrected chi connectivity index (χ1v) is 8.05. The summed E-state index contributed by atoms with van der Waals surface area (Å²) in [7, 11) is -4.72. The molecule has 0 aliphatic heterocycles. The largest absolute Gasteiger partial charge is 1.00 e. The first-order valence-electron chi connectivity index (χ1n) is 6.64. The number of fused-ring (bicyclic) bond motifs is 2. The molecule has 0 fully saturated rings. The Labute approximate surface area is 155 Å². The summed E-state index contributed by atoms with van der Waals surface area (Å²) in [5.41, 5.74) is 1.67. The van der Waals surface area contributed by atoms with Crippen LogP contribution in [0.5, 0.6) is 0 Å². The van der Waals surface area contributed by atoms with Crippen molar-refractivity contribution in [1.29, 1.82) is 0 Å². The Balaban J connectivity index is 0.00000156. The average Bonchev–Trinajstić information content (AvgIpc) is 2.51. The van der Waals surface area contributed by atoms with E-state index in [1.807, 2.05) is 24.3 Å². The number of rotatable bonds is 1. The Kier molecular flexibility index (Phi) is 3.94. The van der Waals surface area contributed by atoms with Gasteiger partial charge >= 0.3 is 29.6 Å². The van der Waals surface area contributed by atoms with Crippen molar-refractivity contribution in [3.8, 4) is 11.1 Å². The Morgan fingerprint density at radius 1 is 0.783 bits per heavy atom. The van der Waals surface area contributed by atoms with Gasteiger partial charge in [0.2, 0.25) is 0 Å². The molecule has 23 heavy (non-hydrogen) atoms. The summed E-state index contributed by atoms with van der Waals surface area (Å²) in [6.45, 7) is 0. The average molecular weight is 332 g/mol. The zero-order valence-electron chi connectivity index (χ0n) is 12.2. The van der Waals surface area contributed by atoms with Gasteiger partial charge in [-0.2, -0.15) is 0 Å². The second-order valence-electron chi connectivity index (χ2n) is 5.17. The van der Waals surface area contributed by atoms with Crippen molar-refractivity contribution in [2.75, 3.05) is 0 Å². The molecule has 3 aromatic rings. The van der Waals surface area contributed by atoms with Crippen LogP contribution in [-0.2, 0) is 10.1 Å². The van der Waals surface area contributed by atoms with Crippen LogP contribution in [0.2, 0.25) is 0 Å². The molecule has 0 bridgehead atoms. The maximum Gasteiger partial charge on any atom is 1.00 e. The number of ketones is 1. The van der Waals surface area contributed by atoms with Gasteiger partial charge < -0.3 is 4.55 Å². The Morgan fingerprint density at radius 3 is 2.00 bits per heavy atom. The molecule has 0 heterocycles. The van der Waals surface area contributed by atoms with Gasteiger partial charge in [0.1, 0.15) is 10.1 Å². The molecular weight excluding hydrogens is 323 g/mol. The van der Waals surface area contributed by atoms with Crippen LogP contribution in [0.1, 0.15) is 15.9 Å². The number of hydrogen-bond donors (Lipinski definition) is 0. The molecule has 0 saturated carbocycles. The normalized spacial score (nSPS) is 12.7. The summed E-state index contributed by atoms with van der Waals surface area (Å²) in [6, 6.07) is 15.2. The predicted octanol–water partition coefficient (Wildman–Crippen LogP) is -0.0407. The van der Waals surface area contributed by atoms with Crippen molar-refractivity contribution in [3.05, 3.63) is 65.7 Å². The third-order valence-electron chi connectivity index (χ3n) is 3.96. The summed E-state index contributed by atoms with van der Waals surface area (Å²) >= 11 is 0. The molecule has 6 heteroatoms. The minimum absolute atomic E-state index is 0. The van der Waals surface area contributed by atoms with E-state index in [-0.39, 0.29) is 35.1 Å². The van der Waals surface area contributed by atoms with Gasteiger partial charge in [-0.25, -0.2) is 8.42 Å². The van der Waals surface area contributed by atoms with Crippen LogP contribution in [0, 0.1) is 0 Å². The number of benzene rings is 3. The molecular formula is C17H9NaO4S. The summed E-state index contributed by atoms with van der Waals surface area (Å²) in [6.07, 6.45) is 0. The Hall–Kier alpha value is -1.50. The second kappa shape index (κ2) is 5.54. The topological polar surface area (TPSA) is 74.3 Å². The third kappa shape index (κ3) is 2.36. The van der Waals surface area contributed by atoms with Crippen LogP contribution in [0.3, 0.4) is 0 Å². The van der Waals surface area contributed by atoms with Crippen molar-refractivity contribution in [1.82, 2.24) is 0 Å². The van der Waals surface area contributed by atoms with E-state index in [0.717, 1.165) is 16.3 Å². The van der Waals surface area contributed by atoms with E-state index in [0.29, 0.717) is 11.1 Å².